The third-order valence-electron chi connectivity index (χ3n) is 6.42. The molecule has 2 fully saturated rings. The highest BCUT2D eigenvalue weighted by molar-refractivity contribution is 7.89. The molecule has 0 saturated carbocycles. The van der Waals surface area contributed by atoms with Gasteiger partial charge in [0.25, 0.3) is 5.91 Å². The van der Waals surface area contributed by atoms with E-state index in [9.17, 15) is 13.2 Å². The quantitative estimate of drug-likeness (QED) is 0.606. The second-order valence-corrected chi connectivity index (χ2v) is 10.5. The molecule has 0 bridgehead atoms. The van der Waals surface area contributed by atoms with Crippen molar-refractivity contribution in [2.45, 2.75) is 24.3 Å². The Hall–Kier alpha value is -2.56. The van der Waals surface area contributed by atoms with Crippen molar-refractivity contribution in [3.05, 3.63) is 41.7 Å². The molecule has 2 aromatic rings. The van der Waals surface area contributed by atoms with Crippen molar-refractivity contribution in [3.63, 3.8) is 0 Å². The van der Waals surface area contributed by atoms with Crippen LogP contribution in [0.3, 0.4) is 0 Å². The molecule has 2 aliphatic heterocycles. The average Bonchev–Trinajstić information content (AvgIpc) is 3.50. The van der Waals surface area contributed by atoms with Crippen molar-refractivity contribution in [2.24, 2.45) is 7.05 Å². The molecule has 2 aliphatic rings. The summed E-state index contributed by atoms with van der Waals surface area (Å²) >= 11 is 0. The Morgan fingerprint density at radius 3 is 2.24 bits per heavy atom. The van der Waals surface area contributed by atoms with Crippen LogP contribution in [-0.2, 0) is 23.6 Å². The third-order valence-corrected chi connectivity index (χ3v) is 8.28. The number of methoxy groups -OCH3 is 2. The number of nitrogens with zero attached hydrogens (tertiary/aromatic N) is 4. The van der Waals surface area contributed by atoms with E-state index in [4.69, 9.17) is 9.47 Å². The normalized spacial score (nSPS) is 18.0. The van der Waals surface area contributed by atoms with Gasteiger partial charge < -0.3 is 18.9 Å². The second kappa shape index (κ2) is 9.74. The second-order valence-electron chi connectivity index (χ2n) is 8.54. The van der Waals surface area contributed by atoms with E-state index in [1.54, 1.807) is 36.9 Å². The number of ether oxygens (including phenoxy) is 2. The maximum Gasteiger partial charge on any atom is 0.270 e. The summed E-state index contributed by atoms with van der Waals surface area (Å²) in [5, 5.41) is 0. The van der Waals surface area contributed by atoms with Gasteiger partial charge in [-0.1, -0.05) is 6.07 Å². The van der Waals surface area contributed by atoms with Crippen molar-refractivity contribution in [1.82, 2.24) is 18.7 Å². The molecule has 1 aromatic carbocycles. The molecule has 0 N–H and O–H groups in total. The Morgan fingerprint density at radius 1 is 0.939 bits per heavy atom. The lowest BCUT2D eigenvalue weighted by molar-refractivity contribution is 0.0619. The zero-order valence-corrected chi connectivity index (χ0v) is 20.3. The number of aromatic nitrogens is 1. The molecule has 1 amide bonds. The summed E-state index contributed by atoms with van der Waals surface area (Å²) < 4.78 is 39.5. The molecule has 2 saturated heterocycles. The van der Waals surface area contributed by atoms with Gasteiger partial charge in [-0.05, 0) is 36.6 Å². The van der Waals surface area contributed by atoms with E-state index >= 15 is 0 Å². The minimum absolute atomic E-state index is 0.133. The predicted octanol–water partition coefficient (Wildman–Crippen LogP) is 1.78. The van der Waals surface area contributed by atoms with E-state index in [1.165, 1.54) is 10.4 Å². The highest BCUT2D eigenvalue weighted by Gasteiger charge is 2.31. The van der Waals surface area contributed by atoms with E-state index < -0.39 is 10.0 Å². The minimum Gasteiger partial charge on any atom is -0.493 e. The Kier molecular flexibility index (Phi) is 6.96. The highest BCUT2D eigenvalue weighted by atomic mass is 32.2. The van der Waals surface area contributed by atoms with E-state index in [-0.39, 0.29) is 10.8 Å². The largest absolute Gasteiger partial charge is 0.493 e. The first kappa shape index (κ1) is 23.6. The Balaban J connectivity index is 1.38. The van der Waals surface area contributed by atoms with E-state index in [2.05, 4.69) is 4.90 Å². The van der Waals surface area contributed by atoms with Gasteiger partial charge in [-0.15, -0.1) is 0 Å². The number of benzene rings is 1. The van der Waals surface area contributed by atoms with E-state index in [0.717, 1.165) is 38.0 Å². The fraction of sp³-hybridized carbons (Fsp3) is 0.522. The fourth-order valence-electron chi connectivity index (χ4n) is 4.47. The number of sulfonamides is 1. The Morgan fingerprint density at radius 2 is 1.61 bits per heavy atom. The van der Waals surface area contributed by atoms with Gasteiger partial charge >= 0.3 is 0 Å². The van der Waals surface area contributed by atoms with Crippen LogP contribution in [0.15, 0.2) is 35.4 Å². The van der Waals surface area contributed by atoms with Crippen LogP contribution in [0, 0.1) is 0 Å². The van der Waals surface area contributed by atoms with Gasteiger partial charge in [0.15, 0.2) is 11.5 Å². The molecule has 33 heavy (non-hydrogen) atoms. The predicted molar refractivity (Wildman–Crippen MR) is 124 cm³/mol. The lowest BCUT2D eigenvalue weighted by atomic mass is 10.1. The third kappa shape index (κ3) is 4.87. The minimum atomic E-state index is -3.54. The summed E-state index contributed by atoms with van der Waals surface area (Å²) in [6.07, 6.45) is 3.31. The molecule has 0 aliphatic carbocycles. The van der Waals surface area contributed by atoms with Gasteiger partial charge in [0.05, 0.1) is 14.2 Å². The molecule has 180 valence electrons. The van der Waals surface area contributed by atoms with Crippen LogP contribution in [0.4, 0.5) is 0 Å². The fourth-order valence-corrected chi connectivity index (χ4v) is 6.06. The maximum atomic E-state index is 13.1. The number of piperazine rings is 1. The van der Waals surface area contributed by atoms with Gasteiger partial charge in [-0.3, -0.25) is 9.69 Å². The molecular weight excluding hydrogens is 444 g/mol. The summed E-state index contributed by atoms with van der Waals surface area (Å²) in [5.41, 5.74) is 1.52. The lowest BCUT2D eigenvalue weighted by Gasteiger charge is -2.34. The van der Waals surface area contributed by atoms with Crippen molar-refractivity contribution in [1.29, 1.82) is 0 Å². The van der Waals surface area contributed by atoms with Crippen LogP contribution in [0.5, 0.6) is 11.5 Å². The molecule has 0 unspecified atom stereocenters. The summed E-state index contributed by atoms with van der Waals surface area (Å²) in [4.78, 5) is 17.4. The van der Waals surface area contributed by atoms with Crippen LogP contribution < -0.4 is 9.47 Å². The van der Waals surface area contributed by atoms with Crippen molar-refractivity contribution < 1.29 is 22.7 Å². The van der Waals surface area contributed by atoms with Gasteiger partial charge in [0.2, 0.25) is 10.0 Å². The maximum absolute atomic E-state index is 13.1. The van der Waals surface area contributed by atoms with Crippen molar-refractivity contribution >= 4 is 15.9 Å². The van der Waals surface area contributed by atoms with Crippen molar-refractivity contribution in [3.8, 4) is 11.5 Å². The number of carbonyl (C=O) groups is 1. The molecule has 0 atom stereocenters. The van der Waals surface area contributed by atoms with Crippen LogP contribution in [0.2, 0.25) is 0 Å². The van der Waals surface area contributed by atoms with Crippen molar-refractivity contribution in [2.75, 3.05) is 53.5 Å². The van der Waals surface area contributed by atoms with E-state index in [1.807, 2.05) is 18.2 Å². The number of hydrogen-bond donors (Lipinski definition) is 0. The van der Waals surface area contributed by atoms with Crippen LogP contribution in [0.1, 0.15) is 28.9 Å². The molecule has 0 radical (unpaired) electrons. The monoisotopic (exact) mass is 476 g/mol. The molecule has 0 spiro atoms. The molecular formula is C23H32N4O5S. The molecule has 4 rings (SSSR count). The zero-order chi connectivity index (χ0) is 23.6. The Labute approximate surface area is 195 Å². The SMILES string of the molecule is COc1ccc(CN2CCN(C(=O)c3cc(S(=O)(=O)N4CCCC4)cn3C)CC2)cc1OC. The average molecular weight is 477 g/mol. The molecule has 1 aromatic heterocycles. The number of amides is 1. The highest BCUT2D eigenvalue weighted by Crippen LogP contribution is 2.28. The summed E-state index contributed by atoms with van der Waals surface area (Å²) in [5.74, 6) is 1.27. The van der Waals surface area contributed by atoms with Gasteiger partial charge in [-0.25, -0.2) is 8.42 Å². The number of carbonyl (C=O) groups excluding carboxylic acids is 1. The summed E-state index contributed by atoms with van der Waals surface area (Å²) in [6.45, 7) is 4.50. The summed E-state index contributed by atoms with van der Waals surface area (Å²) in [7, 11) is 1.42. The standard InChI is InChI=1S/C23H32N4O5S/c1-24-17-19(33(29,30)27-8-4-5-9-27)15-20(24)23(28)26-12-10-25(11-13-26)16-18-6-7-21(31-2)22(14-18)32-3/h6-7,14-15,17H,4-5,8-13,16H2,1-3H3. The van der Waals surface area contributed by atoms with Crippen LogP contribution >= 0.6 is 0 Å². The Bertz CT molecular complexity index is 1100. The summed E-state index contributed by atoms with van der Waals surface area (Å²) in [6, 6.07) is 7.41. The van der Waals surface area contributed by atoms with Crippen LogP contribution in [-0.4, -0.2) is 86.5 Å². The molecule has 3 heterocycles. The lowest BCUT2D eigenvalue weighted by Crippen LogP contribution is -2.48. The molecule has 9 nitrogen and oxygen atoms in total. The van der Waals surface area contributed by atoms with Gasteiger partial charge in [-0.2, -0.15) is 4.31 Å². The number of rotatable bonds is 7. The number of hydrogen-bond acceptors (Lipinski definition) is 6. The first-order valence-electron chi connectivity index (χ1n) is 11.2. The molecule has 10 heteroatoms. The zero-order valence-electron chi connectivity index (χ0n) is 19.5. The smallest absolute Gasteiger partial charge is 0.270 e. The van der Waals surface area contributed by atoms with Gasteiger partial charge in [0.1, 0.15) is 10.6 Å². The van der Waals surface area contributed by atoms with Crippen LogP contribution in [0.25, 0.3) is 0 Å². The van der Waals surface area contributed by atoms with Gasteiger partial charge in [0, 0.05) is 59.1 Å². The first-order chi connectivity index (χ1) is 15.8. The number of aryl methyl sites for hydroxylation is 1. The first-order valence-corrected chi connectivity index (χ1v) is 12.7. The van der Waals surface area contributed by atoms with E-state index in [0.29, 0.717) is 43.4 Å². The topological polar surface area (TPSA) is 84.3 Å².